The van der Waals surface area contributed by atoms with Crippen LogP contribution in [0.15, 0.2) is 24.5 Å². The third kappa shape index (κ3) is 2.34. The van der Waals surface area contributed by atoms with Gasteiger partial charge >= 0.3 is 0 Å². The van der Waals surface area contributed by atoms with Crippen LogP contribution in [0.1, 0.15) is 40.0 Å². The summed E-state index contributed by atoms with van der Waals surface area (Å²) in [6.45, 7) is 8.32. The molecule has 0 spiro atoms. The molecule has 0 unspecified atom stereocenters. The highest BCUT2D eigenvalue weighted by Crippen LogP contribution is 2.53. The van der Waals surface area contributed by atoms with Crippen molar-refractivity contribution in [2.45, 2.75) is 46.1 Å². The van der Waals surface area contributed by atoms with Gasteiger partial charge in [0.1, 0.15) is 17.4 Å². The van der Waals surface area contributed by atoms with Crippen LogP contribution in [0, 0.1) is 10.8 Å². The van der Waals surface area contributed by atoms with Crippen LogP contribution in [0.3, 0.4) is 0 Å². The first-order valence-corrected chi connectivity index (χ1v) is 9.40. The molecule has 1 N–H and O–H groups in total. The highest BCUT2D eigenvalue weighted by atomic mass is 35.5. The molecule has 1 aliphatic carbocycles. The van der Waals surface area contributed by atoms with E-state index in [1.54, 1.807) is 6.33 Å². The molecule has 3 heterocycles. The van der Waals surface area contributed by atoms with Gasteiger partial charge < -0.3 is 9.88 Å². The molecule has 1 saturated heterocycles. The van der Waals surface area contributed by atoms with Gasteiger partial charge in [-0.2, -0.15) is 0 Å². The number of anilines is 1. The number of aromatic nitrogens is 3. The number of benzene rings is 1. The van der Waals surface area contributed by atoms with Crippen LogP contribution in [0.5, 0.6) is 0 Å². The van der Waals surface area contributed by atoms with Gasteiger partial charge in [0.25, 0.3) is 0 Å². The average Bonchev–Trinajstić information content (AvgIpc) is 3.00. The minimum atomic E-state index is 0.374. The Bertz CT molecular complexity index is 992. The van der Waals surface area contributed by atoms with Crippen molar-refractivity contribution in [3.05, 3.63) is 29.5 Å². The zero-order valence-electron chi connectivity index (χ0n) is 14.9. The second-order valence-electron chi connectivity index (χ2n) is 9.08. The Kier molecular flexibility index (Phi) is 3.01. The zero-order chi connectivity index (χ0) is 17.4. The van der Waals surface area contributed by atoms with Crippen molar-refractivity contribution in [1.82, 2.24) is 15.0 Å². The van der Waals surface area contributed by atoms with Crippen LogP contribution in [-0.4, -0.2) is 27.5 Å². The Balaban J connectivity index is 1.68. The molecule has 1 aliphatic heterocycles. The van der Waals surface area contributed by atoms with Gasteiger partial charge in [0.05, 0.1) is 0 Å². The van der Waals surface area contributed by atoms with E-state index in [0.29, 0.717) is 16.9 Å². The van der Waals surface area contributed by atoms with Gasteiger partial charge in [0.15, 0.2) is 5.82 Å². The summed E-state index contributed by atoms with van der Waals surface area (Å²) in [6, 6.07) is 6.48. The van der Waals surface area contributed by atoms with Gasteiger partial charge in [0, 0.05) is 28.5 Å². The van der Waals surface area contributed by atoms with E-state index in [4.69, 9.17) is 16.6 Å². The lowest BCUT2D eigenvalue weighted by atomic mass is 9.65. The van der Waals surface area contributed by atoms with E-state index in [-0.39, 0.29) is 0 Å². The molecule has 0 radical (unpaired) electrons. The van der Waals surface area contributed by atoms with E-state index in [0.717, 1.165) is 39.3 Å². The molecule has 1 saturated carbocycles. The number of rotatable bonds is 1. The second-order valence-corrected chi connectivity index (χ2v) is 9.51. The van der Waals surface area contributed by atoms with Crippen LogP contribution in [0.4, 0.5) is 5.82 Å². The van der Waals surface area contributed by atoms with E-state index in [2.05, 4.69) is 35.6 Å². The summed E-state index contributed by atoms with van der Waals surface area (Å²) in [7, 11) is 0. The zero-order valence-corrected chi connectivity index (χ0v) is 15.7. The Morgan fingerprint density at radius 2 is 2.04 bits per heavy atom. The molecule has 0 amide bonds. The lowest BCUT2D eigenvalue weighted by molar-refractivity contribution is 0.136. The molecular weight excluding hydrogens is 332 g/mol. The fourth-order valence-corrected chi connectivity index (χ4v) is 5.75. The number of hydrogen-bond acceptors (Lipinski definition) is 3. The minimum Gasteiger partial charge on any atom is -0.351 e. The van der Waals surface area contributed by atoms with Gasteiger partial charge in [-0.15, -0.1) is 0 Å². The summed E-state index contributed by atoms with van der Waals surface area (Å²) in [4.78, 5) is 15.3. The minimum absolute atomic E-state index is 0.374. The van der Waals surface area contributed by atoms with Crippen LogP contribution in [-0.2, 0) is 0 Å². The van der Waals surface area contributed by atoms with E-state index < -0.39 is 0 Å². The Morgan fingerprint density at radius 1 is 1.20 bits per heavy atom. The molecule has 2 bridgehead atoms. The first kappa shape index (κ1) is 15.4. The molecule has 2 fully saturated rings. The number of nitrogens with zero attached hydrogens (tertiary/aromatic N) is 3. The van der Waals surface area contributed by atoms with Crippen molar-refractivity contribution in [2.75, 3.05) is 11.4 Å². The number of H-pyrrole nitrogens is 1. The summed E-state index contributed by atoms with van der Waals surface area (Å²) >= 11 is 6.20. The number of hydrogen-bond donors (Lipinski definition) is 1. The first-order valence-electron chi connectivity index (χ1n) is 9.02. The van der Waals surface area contributed by atoms with Crippen molar-refractivity contribution in [3.8, 4) is 0 Å². The smallest absolute Gasteiger partial charge is 0.156 e. The molecule has 2 aromatic heterocycles. The molecule has 130 valence electrons. The lowest BCUT2D eigenvalue weighted by Gasteiger charge is -2.39. The topological polar surface area (TPSA) is 44.8 Å². The number of nitrogens with one attached hydrogen (secondary N) is 1. The monoisotopic (exact) mass is 354 g/mol. The summed E-state index contributed by atoms with van der Waals surface area (Å²) < 4.78 is 0. The van der Waals surface area contributed by atoms with Crippen molar-refractivity contribution >= 4 is 39.4 Å². The molecule has 2 atom stereocenters. The summed E-state index contributed by atoms with van der Waals surface area (Å²) in [6.07, 6.45) is 5.46. The Labute approximate surface area is 152 Å². The molecule has 5 heteroatoms. The largest absolute Gasteiger partial charge is 0.351 e. The standard InChI is InChI=1S/C20H23ClN4/c1-19(2)7-13-8-20(3,9-19)10-25(13)18-17-16(22-11-23-18)14-6-12(21)4-5-15(14)24-17/h4-6,11,13,24H,7-10H2,1-3H3/t13-,20-/m0/s1. The number of fused-ring (bicyclic) bond motifs is 5. The van der Waals surface area contributed by atoms with Gasteiger partial charge in [-0.1, -0.05) is 32.4 Å². The lowest BCUT2D eigenvalue weighted by Crippen LogP contribution is -2.35. The third-order valence-corrected chi connectivity index (χ3v) is 6.25. The molecular formula is C20H23ClN4. The maximum absolute atomic E-state index is 6.20. The number of aromatic amines is 1. The molecule has 3 aromatic rings. The first-order chi connectivity index (χ1) is 11.8. The normalized spacial score (nSPS) is 28.2. The maximum atomic E-state index is 6.20. The fraction of sp³-hybridized carbons (Fsp3) is 0.500. The van der Waals surface area contributed by atoms with Gasteiger partial charge in [-0.3, -0.25) is 0 Å². The van der Waals surface area contributed by atoms with Gasteiger partial charge in [-0.05, 0) is 48.3 Å². The predicted molar refractivity (Wildman–Crippen MR) is 103 cm³/mol. The third-order valence-electron chi connectivity index (χ3n) is 6.01. The quantitative estimate of drug-likeness (QED) is 0.655. The van der Waals surface area contributed by atoms with E-state index in [1.165, 1.54) is 19.3 Å². The average molecular weight is 355 g/mol. The molecule has 2 aliphatic rings. The summed E-state index contributed by atoms with van der Waals surface area (Å²) in [5.41, 5.74) is 3.84. The van der Waals surface area contributed by atoms with E-state index >= 15 is 0 Å². The van der Waals surface area contributed by atoms with Crippen LogP contribution in [0.25, 0.3) is 21.9 Å². The molecule has 25 heavy (non-hydrogen) atoms. The van der Waals surface area contributed by atoms with Crippen LogP contribution < -0.4 is 4.90 Å². The van der Waals surface area contributed by atoms with Crippen molar-refractivity contribution < 1.29 is 0 Å². The van der Waals surface area contributed by atoms with Gasteiger partial charge in [-0.25, -0.2) is 9.97 Å². The van der Waals surface area contributed by atoms with Gasteiger partial charge in [0.2, 0.25) is 0 Å². The molecule has 4 nitrogen and oxygen atoms in total. The fourth-order valence-electron chi connectivity index (χ4n) is 5.58. The second kappa shape index (κ2) is 4.88. The van der Waals surface area contributed by atoms with Crippen molar-refractivity contribution in [3.63, 3.8) is 0 Å². The SMILES string of the molecule is CC1(C)C[C@H]2C[C@](C)(CN2c2ncnc3c2[nH]c2ccc(Cl)cc23)C1. The Morgan fingerprint density at radius 3 is 2.88 bits per heavy atom. The summed E-state index contributed by atoms with van der Waals surface area (Å²) in [5, 5.41) is 1.81. The van der Waals surface area contributed by atoms with E-state index in [9.17, 15) is 0 Å². The summed E-state index contributed by atoms with van der Waals surface area (Å²) in [5.74, 6) is 1.05. The highest BCUT2D eigenvalue weighted by molar-refractivity contribution is 6.31. The van der Waals surface area contributed by atoms with E-state index in [1.807, 2.05) is 18.2 Å². The Hall–Kier alpha value is -1.81. The molecule has 5 rings (SSSR count). The number of halogens is 1. The highest BCUT2D eigenvalue weighted by Gasteiger charge is 2.50. The maximum Gasteiger partial charge on any atom is 0.156 e. The van der Waals surface area contributed by atoms with Crippen LogP contribution >= 0.6 is 11.6 Å². The molecule has 1 aromatic carbocycles. The van der Waals surface area contributed by atoms with Crippen molar-refractivity contribution in [1.29, 1.82) is 0 Å². The van der Waals surface area contributed by atoms with Crippen LogP contribution in [0.2, 0.25) is 5.02 Å². The van der Waals surface area contributed by atoms with Crippen molar-refractivity contribution in [2.24, 2.45) is 10.8 Å². The predicted octanol–water partition coefficient (Wildman–Crippen LogP) is 5.17.